The van der Waals surface area contributed by atoms with Crippen LogP contribution in [0.25, 0.3) is 0 Å². The molecule has 3 aliphatic rings. The van der Waals surface area contributed by atoms with Crippen LogP contribution in [-0.2, 0) is 0 Å². The summed E-state index contributed by atoms with van der Waals surface area (Å²) in [5, 5.41) is 0. The number of hydrogen-bond acceptors (Lipinski definition) is 0. The van der Waals surface area contributed by atoms with Gasteiger partial charge in [0.2, 0.25) is 0 Å². The summed E-state index contributed by atoms with van der Waals surface area (Å²) in [6, 6.07) is 0. The van der Waals surface area contributed by atoms with Gasteiger partial charge in [-0.25, -0.2) is 0 Å². The van der Waals surface area contributed by atoms with Crippen molar-refractivity contribution in [3.63, 3.8) is 0 Å². The van der Waals surface area contributed by atoms with Crippen LogP contribution in [0, 0.1) is 5.41 Å². The monoisotopic (exact) mass is 92.1 g/mol. The number of rotatable bonds is 0. The SMILES string of the molecule is C1CC2=C1C21CC1. The Kier molecular flexibility index (Phi) is 0.216. The van der Waals surface area contributed by atoms with Crippen LogP contribution in [0.15, 0.2) is 11.1 Å². The molecule has 1 saturated carbocycles. The third kappa shape index (κ3) is 0.142. The minimum atomic E-state index is 0.861. The molecule has 36 valence electrons. The van der Waals surface area contributed by atoms with Crippen molar-refractivity contribution in [2.75, 3.05) is 0 Å². The van der Waals surface area contributed by atoms with Gasteiger partial charge >= 0.3 is 0 Å². The van der Waals surface area contributed by atoms with Crippen LogP contribution in [-0.4, -0.2) is 0 Å². The summed E-state index contributed by atoms with van der Waals surface area (Å²) in [4.78, 5) is 0. The number of fused-ring (bicyclic) bond motifs is 2. The van der Waals surface area contributed by atoms with Gasteiger partial charge in [-0.2, -0.15) is 0 Å². The first-order valence-electron chi connectivity index (χ1n) is 3.16. The summed E-state index contributed by atoms with van der Waals surface area (Å²) in [5.41, 5.74) is 4.60. The summed E-state index contributed by atoms with van der Waals surface area (Å²) in [6.07, 6.45) is 5.99. The summed E-state index contributed by atoms with van der Waals surface area (Å²) < 4.78 is 0. The van der Waals surface area contributed by atoms with E-state index >= 15 is 0 Å². The first-order valence-corrected chi connectivity index (χ1v) is 3.16. The first-order chi connectivity index (χ1) is 3.43. The average molecular weight is 92.1 g/mol. The van der Waals surface area contributed by atoms with E-state index in [2.05, 4.69) is 0 Å². The van der Waals surface area contributed by atoms with E-state index in [1.807, 2.05) is 11.1 Å². The topological polar surface area (TPSA) is 0 Å². The molecule has 3 aliphatic carbocycles. The maximum atomic E-state index is 1.87. The van der Waals surface area contributed by atoms with Crippen molar-refractivity contribution in [3.05, 3.63) is 11.1 Å². The molecular weight excluding hydrogens is 84.1 g/mol. The van der Waals surface area contributed by atoms with Crippen LogP contribution in [0.4, 0.5) is 0 Å². The van der Waals surface area contributed by atoms with E-state index in [-0.39, 0.29) is 0 Å². The van der Waals surface area contributed by atoms with Gasteiger partial charge in [0.1, 0.15) is 0 Å². The van der Waals surface area contributed by atoms with Gasteiger partial charge in [0.25, 0.3) is 0 Å². The Morgan fingerprint density at radius 3 is 1.71 bits per heavy atom. The van der Waals surface area contributed by atoms with Crippen LogP contribution >= 0.6 is 0 Å². The first kappa shape index (κ1) is 2.91. The molecule has 1 spiro atoms. The highest BCUT2D eigenvalue weighted by Gasteiger charge is 2.64. The second-order valence-corrected chi connectivity index (χ2v) is 3.04. The van der Waals surface area contributed by atoms with Gasteiger partial charge in [-0.3, -0.25) is 0 Å². The molecule has 0 aromatic carbocycles. The second-order valence-electron chi connectivity index (χ2n) is 3.04. The fraction of sp³-hybridized carbons (Fsp3) is 0.714. The van der Waals surface area contributed by atoms with E-state index in [0.29, 0.717) is 0 Å². The van der Waals surface area contributed by atoms with Crippen molar-refractivity contribution in [1.82, 2.24) is 0 Å². The second kappa shape index (κ2) is 0.521. The van der Waals surface area contributed by atoms with Gasteiger partial charge in [-0.05, 0) is 25.7 Å². The van der Waals surface area contributed by atoms with Gasteiger partial charge in [0, 0.05) is 5.41 Å². The minimum Gasteiger partial charge on any atom is -0.0595 e. The van der Waals surface area contributed by atoms with Crippen LogP contribution in [0.3, 0.4) is 0 Å². The molecule has 0 radical (unpaired) electrons. The highest BCUT2D eigenvalue weighted by Crippen LogP contribution is 2.77. The molecule has 0 saturated heterocycles. The van der Waals surface area contributed by atoms with Crippen LogP contribution in [0.1, 0.15) is 25.7 Å². The number of hydrogen-bond donors (Lipinski definition) is 0. The number of allylic oxidation sites excluding steroid dienone is 2. The van der Waals surface area contributed by atoms with E-state index < -0.39 is 0 Å². The molecule has 0 atom stereocenters. The van der Waals surface area contributed by atoms with Crippen molar-refractivity contribution >= 4 is 0 Å². The fourth-order valence-electron chi connectivity index (χ4n) is 2.07. The van der Waals surface area contributed by atoms with E-state index in [9.17, 15) is 0 Å². The standard InChI is InChI=1S/C7H8/c1-2-6-5(1)7(6)3-4-7/h1-4H2. The molecular formula is C7H8. The Bertz CT molecular complexity index is 154. The zero-order chi connectivity index (χ0) is 4.48. The Morgan fingerprint density at radius 1 is 1.00 bits per heavy atom. The zero-order valence-corrected chi connectivity index (χ0v) is 4.33. The van der Waals surface area contributed by atoms with Gasteiger partial charge in [-0.1, -0.05) is 11.1 Å². The molecule has 0 bridgehead atoms. The van der Waals surface area contributed by atoms with Crippen LogP contribution in [0.5, 0.6) is 0 Å². The van der Waals surface area contributed by atoms with Gasteiger partial charge in [0.05, 0.1) is 0 Å². The lowest BCUT2D eigenvalue weighted by molar-refractivity contribution is 0.954. The lowest BCUT2D eigenvalue weighted by Crippen LogP contribution is -1.71. The smallest absolute Gasteiger partial charge is 0.0128 e. The quantitative estimate of drug-likeness (QED) is 0.400. The molecule has 7 heavy (non-hydrogen) atoms. The summed E-state index contributed by atoms with van der Waals surface area (Å²) in [5.74, 6) is 0. The van der Waals surface area contributed by atoms with E-state index in [0.717, 1.165) is 5.41 Å². The highest BCUT2D eigenvalue weighted by molar-refractivity contribution is 5.60. The van der Waals surface area contributed by atoms with Crippen molar-refractivity contribution < 1.29 is 0 Å². The maximum Gasteiger partial charge on any atom is 0.0128 e. The predicted octanol–water partition coefficient (Wildman–Crippen LogP) is 1.87. The predicted molar refractivity (Wildman–Crippen MR) is 27.9 cm³/mol. The Morgan fingerprint density at radius 2 is 1.57 bits per heavy atom. The van der Waals surface area contributed by atoms with Gasteiger partial charge < -0.3 is 0 Å². The van der Waals surface area contributed by atoms with Crippen LogP contribution < -0.4 is 0 Å². The molecule has 0 nitrogen and oxygen atoms in total. The average Bonchev–Trinajstić information content (AvgIpc) is 2.20. The lowest BCUT2D eigenvalue weighted by Gasteiger charge is -1.90. The largest absolute Gasteiger partial charge is 0.0595 e. The molecule has 0 aromatic heterocycles. The summed E-state index contributed by atoms with van der Waals surface area (Å²) >= 11 is 0. The Balaban J connectivity index is 2.16. The van der Waals surface area contributed by atoms with E-state index in [4.69, 9.17) is 0 Å². The molecule has 0 unspecified atom stereocenters. The highest BCUT2D eigenvalue weighted by atomic mass is 14.7. The molecule has 0 aromatic rings. The summed E-state index contributed by atoms with van der Waals surface area (Å²) in [6.45, 7) is 0. The van der Waals surface area contributed by atoms with E-state index in [1.165, 1.54) is 25.7 Å². The third-order valence-corrected chi connectivity index (χ3v) is 2.83. The molecule has 0 aliphatic heterocycles. The molecule has 1 fully saturated rings. The van der Waals surface area contributed by atoms with Crippen LogP contribution in [0.2, 0.25) is 0 Å². The van der Waals surface area contributed by atoms with Gasteiger partial charge in [0.15, 0.2) is 0 Å². The molecule has 3 rings (SSSR count). The zero-order valence-electron chi connectivity index (χ0n) is 4.33. The maximum absolute atomic E-state index is 1.87. The third-order valence-electron chi connectivity index (χ3n) is 2.83. The Hall–Kier alpha value is -0.260. The van der Waals surface area contributed by atoms with Crippen molar-refractivity contribution in [2.24, 2.45) is 5.41 Å². The molecule has 0 heterocycles. The molecule has 0 N–H and O–H groups in total. The van der Waals surface area contributed by atoms with E-state index in [1.54, 1.807) is 0 Å². The fourth-order valence-corrected chi connectivity index (χ4v) is 2.07. The Labute approximate surface area is 43.2 Å². The van der Waals surface area contributed by atoms with Crippen molar-refractivity contribution in [1.29, 1.82) is 0 Å². The lowest BCUT2D eigenvalue weighted by atomic mass is 10.1. The van der Waals surface area contributed by atoms with Crippen molar-refractivity contribution in [2.45, 2.75) is 25.7 Å². The van der Waals surface area contributed by atoms with Crippen molar-refractivity contribution in [3.8, 4) is 0 Å². The normalized spacial score (nSPS) is 37.7. The molecule has 0 amide bonds. The van der Waals surface area contributed by atoms with Gasteiger partial charge in [-0.15, -0.1) is 0 Å². The minimum absolute atomic E-state index is 0.861. The molecule has 0 heteroatoms. The summed E-state index contributed by atoms with van der Waals surface area (Å²) in [7, 11) is 0.